The highest BCUT2D eigenvalue weighted by Gasteiger charge is 2.45. The quantitative estimate of drug-likeness (QED) is 0.865. The molecule has 0 aliphatic carbocycles. The summed E-state index contributed by atoms with van der Waals surface area (Å²) in [6, 6.07) is 1.87. The molecule has 4 rings (SSSR count). The second kappa shape index (κ2) is 5.72. The molecule has 2 aromatic heterocycles. The number of hydrogen-bond acceptors (Lipinski definition) is 5. The number of rotatable bonds is 3. The van der Waals surface area contributed by atoms with Crippen LogP contribution in [0.15, 0.2) is 17.6 Å². The van der Waals surface area contributed by atoms with Crippen LogP contribution in [0.2, 0.25) is 0 Å². The molecule has 2 aliphatic heterocycles. The number of nitrogens with zero attached hydrogens (tertiary/aromatic N) is 4. The van der Waals surface area contributed by atoms with Crippen molar-refractivity contribution in [3.63, 3.8) is 0 Å². The molecular weight excluding hydrogens is 312 g/mol. The van der Waals surface area contributed by atoms with Crippen LogP contribution in [0, 0.1) is 12.8 Å². The molecule has 4 heterocycles. The van der Waals surface area contributed by atoms with Gasteiger partial charge in [0.1, 0.15) is 16.8 Å². The molecule has 122 valence electrons. The summed E-state index contributed by atoms with van der Waals surface area (Å²) in [4.78, 5) is 19.0. The van der Waals surface area contributed by atoms with Crippen LogP contribution in [0.5, 0.6) is 0 Å². The molecule has 0 aromatic carbocycles. The van der Waals surface area contributed by atoms with E-state index in [0.717, 1.165) is 23.7 Å². The summed E-state index contributed by atoms with van der Waals surface area (Å²) in [7, 11) is 0. The molecule has 0 N–H and O–H groups in total. The lowest BCUT2D eigenvalue weighted by atomic mass is 10.0. The molecule has 1 amide bonds. The Labute approximate surface area is 139 Å². The van der Waals surface area contributed by atoms with Gasteiger partial charge in [0, 0.05) is 37.1 Å². The molecule has 3 atom stereocenters. The number of carbonyl (C=O) groups is 1. The molecule has 0 spiro atoms. The molecule has 0 saturated carbocycles. The van der Waals surface area contributed by atoms with Crippen LogP contribution in [0.1, 0.15) is 40.6 Å². The number of ether oxygens (including phenoxy) is 1. The Balaban J connectivity index is 1.45. The lowest BCUT2D eigenvalue weighted by molar-refractivity contribution is 0.0351. The molecule has 7 heteroatoms. The van der Waals surface area contributed by atoms with E-state index < -0.39 is 0 Å². The third kappa shape index (κ3) is 2.57. The minimum Gasteiger partial charge on any atom is -0.366 e. The molecule has 2 fully saturated rings. The number of amides is 1. The SMILES string of the molecule is CCn1nc(C)cc1C(=O)N1C[C@H]2C[C@H](c3nccs3)O[C@H]2C1. The maximum atomic E-state index is 12.8. The molecular formula is C16H20N4O2S. The minimum absolute atomic E-state index is 0.0660. The Kier molecular flexibility index (Phi) is 3.69. The fourth-order valence-corrected chi connectivity index (χ4v) is 4.29. The van der Waals surface area contributed by atoms with Gasteiger partial charge in [-0.3, -0.25) is 9.48 Å². The van der Waals surface area contributed by atoms with Crippen molar-refractivity contribution in [2.24, 2.45) is 5.92 Å². The van der Waals surface area contributed by atoms with Gasteiger partial charge in [-0.15, -0.1) is 11.3 Å². The van der Waals surface area contributed by atoms with Crippen molar-refractivity contribution in [2.45, 2.75) is 39.0 Å². The van der Waals surface area contributed by atoms with Crippen LogP contribution in [0.4, 0.5) is 0 Å². The predicted octanol–water partition coefficient (Wildman–Crippen LogP) is 2.27. The maximum Gasteiger partial charge on any atom is 0.272 e. The molecule has 2 aliphatic rings. The van der Waals surface area contributed by atoms with Crippen LogP contribution in [0.3, 0.4) is 0 Å². The lowest BCUT2D eigenvalue weighted by Gasteiger charge is -2.19. The van der Waals surface area contributed by atoms with Crippen molar-refractivity contribution in [3.05, 3.63) is 34.0 Å². The minimum atomic E-state index is 0.0660. The number of carbonyl (C=O) groups excluding carboxylic acids is 1. The van der Waals surface area contributed by atoms with Crippen LogP contribution >= 0.6 is 11.3 Å². The van der Waals surface area contributed by atoms with Crippen molar-refractivity contribution in [2.75, 3.05) is 13.1 Å². The standard InChI is InChI=1S/C16H20N4O2S/c1-3-20-12(6-10(2)18-20)16(21)19-8-11-7-13(22-14(11)9-19)15-17-4-5-23-15/h4-6,11,13-14H,3,7-9H2,1-2H3/t11-,13-,14+/m1/s1. The van der Waals surface area contributed by atoms with Crippen molar-refractivity contribution in [3.8, 4) is 0 Å². The van der Waals surface area contributed by atoms with E-state index in [1.807, 2.05) is 36.4 Å². The first-order valence-corrected chi connectivity index (χ1v) is 8.92. The second-order valence-corrected chi connectivity index (χ2v) is 7.15. The van der Waals surface area contributed by atoms with E-state index >= 15 is 0 Å². The molecule has 6 nitrogen and oxygen atoms in total. The van der Waals surface area contributed by atoms with Gasteiger partial charge < -0.3 is 9.64 Å². The van der Waals surface area contributed by atoms with Gasteiger partial charge in [-0.05, 0) is 26.3 Å². The molecule has 0 bridgehead atoms. The summed E-state index contributed by atoms with van der Waals surface area (Å²) in [5.41, 5.74) is 1.57. The zero-order valence-corrected chi connectivity index (χ0v) is 14.1. The topological polar surface area (TPSA) is 60.2 Å². The van der Waals surface area contributed by atoms with Crippen molar-refractivity contribution in [1.82, 2.24) is 19.7 Å². The first-order chi connectivity index (χ1) is 11.2. The summed E-state index contributed by atoms with van der Waals surface area (Å²) in [6.45, 7) is 6.06. The molecule has 23 heavy (non-hydrogen) atoms. The summed E-state index contributed by atoms with van der Waals surface area (Å²) in [5.74, 6) is 0.475. The Bertz CT molecular complexity index is 698. The highest BCUT2D eigenvalue weighted by molar-refractivity contribution is 7.09. The number of likely N-dealkylation sites (tertiary alicyclic amines) is 1. The number of thiazole rings is 1. The lowest BCUT2D eigenvalue weighted by Crippen LogP contribution is -2.32. The predicted molar refractivity (Wildman–Crippen MR) is 86.4 cm³/mol. The average Bonchev–Trinajstić information content (AvgIpc) is 3.27. The highest BCUT2D eigenvalue weighted by atomic mass is 32.1. The first-order valence-electron chi connectivity index (χ1n) is 8.04. The average molecular weight is 332 g/mol. The largest absolute Gasteiger partial charge is 0.366 e. The molecule has 2 aromatic rings. The van der Waals surface area contributed by atoms with Gasteiger partial charge >= 0.3 is 0 Å². The zero-order chi connectivity index (χ0) is 16.0. The van der Waals surface area contributed by atoms with Crippen molar-refractivity contribution < 1.29 is 9.53 Å². The Morgan fingerprint density at radius 1 is 1.48 bits per heavy atom. The van der Waals surface area contributed by atoms with E-state index in [4.69, 9.17) is 4.74 Å². The van der Waals surface area contributed by atoms with Crippen LogP contribution in [0.25, 0.3) is 0 Å². The van der Waals surface area contributed by atoms with Gasteiger partial charge in [0.05, 0.1) is 11.8 Å². The normalized spacial score (nSPS) is 26.7. The van der Waals surface area contributed by atoms with Crippen molar-refractivity contribution >= 4 is 17.2 Å². The van der Waals surface area contributed by atoms with Gasteiger partial charge in [-0.25, -0.2) is 4.98 Å². The Morgan fingerprint density at radius 3 is 3.04 bits per heavy atom. The van der Waals surface area contributed by atoms with Gasteiger partial charge in [0.15, 0.2) is 0 Å². The number of aromatic nitrogens is 3. The fourth-order valence-electron chi connectivity index (χ4n) is 3.60. The number of fused-ring (bicyclic) bond motifs is 1. The van der Waals surface area contributed by atoms with E-state index in [-0.39, 0.29) is 18.1 Å². The summed E-state index contributed by atoms with van der Waals surface area (Å²) in [6.07, 6.45) is 3.01. The van der Waals surface area contributed by atoms with Crippen LogP contribution in [-0.4, -0.2) is 44.8 Å². The van der Waals surface area contributed by atoms with E-state index in [9.17, 15) is 4.79 Å². The molecule has 2 saturated heterocycles. The molecule has 0 unspecified atom stereocenters. The monoisotopic (exact) mass is 332 g/mol. The van der Waals surface area contributed by atoms with E-state index in [0.29, 0.717) is 24.7 Å². The van der Waals surface area contributed by atoms with E-state index in [1.165, 1.54) is 0 Å². The van der Waals surface area contributed by atoms with Gasteiger partial charge in [0.25, 0.3) is 5.91 Å². The third-order valence-electron chi connectivity index (χ3n) is 4.67. The van der Waals surface area contributed by atoms with Crippen LogP contribution in [-0.2, 0) is 11.3 Å². The van der Waals surface area contributed by atoms with Gasteiger partial charge in [0.2, 0.25) is 0 Å². The summed E-state index contributed by atoms with van der Waals surface area (Å²) >= 11 is 1.64. The smallest absolute Gasteiger partial charge is 0.272 e. The first kappa shape index (κ1) is 14.8. The van der Waals surface area contributed by atoms with Crippen molar-refractivity contribution in [1.29, 1.82) is 0 Å². The number of aryl methyl sites for hydroxylation is 2. The van der Waals surface area contributed by atoms with Gasteiger partial charge in [-0.2, -0.15) is 5.10 Å². The van der Waals surface area contributed by atoms with E-state index in [2.05, 4.69) is 10.1 Å². The zero-order valence-electron chi connectivity index (χ0n) is 13.3. The Morgan fingerprint density at radius 2 is 2.35 bits per heavy atom. The maximum absolute atomic E-state index is 12.8. The molecule has 0 radical (unpaired) electrons. The summed E-state index contributed by atoms with van der Waals surface area (Å²) in [5, 5.41) is 7.41. The Hall–Kier alpha value is -1.73. The van der Waals surface area contributed by atoms with Gasteiger partial charge in [-0.1, -0.05) is 0 Å². The van der Waals surface area contributed by atoms with E-state index in [1.54, 1.807) is 16.0 Å². The number of hydrogen-bond donors (Lipinski definition) is 0. The van der Waals surface area contributed by atoms with Crippen LogP contribution < -0.4 is 0 Å². The second-order valence-electron chi connectivity index (χ2n) is 6.23. The fraction of sp³-hybridized carbons (Fsp3) is 0.562. The highest BCUT2D eigenvalue weighted by Crippen LogP contribution is 2.41. The summed E-state index contributed by atoms with van der Waals surface area (Å²) < 4.78 is 7.92. The third-order valence-corrected chi connectivity index (χ3v) is 5.54.